The lowest BCUT2D eigenvalue weighted by molar-refractivity contribution is -0.146. The van der Waals surface area contributed by atoms with Crippen LogP contribution in [0.5, 0.6) is 0 Å². The second-order valence-electron chi connectivity index (χ2n) is 9.58. The number of aromatic amines is 1. The Balaban J connectivity index is 1.41. The van der Waals surface area contributed by atoms with Crippen LogP contribution in [-0.2, 0) is 27.9 Å². The minimum absolute atomic E-state index is 0.0785. The quantitative estimate of drug-likeness (QED) is 0.270. The molecule has 0 bridgehead atoms. The number of aliphatic hydroxyl groups excluding tert-OH is 1. The first-order valence-electron chi connectivity index (χ1n) is 13.1. The first-order valence-corrected chi connectivity index (χ1v) is 13.1. The monoisotopic (exact) mass is 531 g/mol. The van der Waals surface area contributed by atoms with Gasteiger partial charge in [0.2, 0.25) is 6.29 Å². The van der Waals surface area contributed by atoms with Crippen molar-refractivity contribution in [1.82, 2.24) is 24.6 Å². The predicted molar refractivity (Wildman–Crippen MR) is 146 cm³/mol. The highest BCUT2D eigenvalue weighted by Crippen LogP contribution is 2.32. The first kappa shape index (κ1) is 26.5. The molecule has 10 heteroatoms. The number of unbranched alkanes of at least 4 members (excludes halogenated alkanes) is 1. The van der Waals surface area contributed by atoms with Gasteiger partial charge < -0.3 is 24.9 Å². The van der Waals surface area contributed by atoms with Crippen LogP contribution in [-0.4, -0.2) is 49.8 Å². The molecule has 1 aliphatic rings. The maximum absolute atomic E-state index is 13.7. The molecule has 0 radical (unpaired) electrons. The lowest BCUT2D eigenvalue weighted by Crippen LogP contribution is -2.34. The number of allylic oxidation sites excluding steroid dienone is 1. The number of rotatable bonds is 10. The lowest BCUT2D eigenvalue weighted by Gasteiger charge is -2.28. The summed E-state index contributed by atoms with van der Waals surface area (Å²) in [4.78, 5) is 34.6. The molecule has 0 spiro atoms. The smallest absolute Gasteiger partial charge is 0.286 e. The summed E-state index contributed by atoms with van der Waals surface area (Å²) < 4.78 is 15.3. The van der Waals surface area contributed by atoms with Gasteiger partial charge in [-0.15, -0.1) is 0 Å². The molecule has 1 aliphatic heterocycles. The van der Waals surface area contributed by atoms with Crippen LogP contribution in [0.3, 0.4) is 0 Å². The van der Waals surface area contributed by atoms with Gasteiger partial charge in [0.25, 0.3) is 11.5 Å². The number of fused-ring (bicyclic) bond motifs is 1. The van der Waals surface area contributed by atoms with Crippen molar-refractivity contribution in [1.29, 1.82) is 0 Å². The molecule has 2 aromatic heterocycles. The molecule has 3 heterocycles. The summed E-state index contributed by atoms with van der Waals surface area (Å²) in [7, 11) is 1.85. The second-order valence-corrected chi connectivity index (χ2v) is 9.58. The third-order valence-corrected chi connectivity index (χ3v) is 6.96. The molecular weight excluding hydrogens is 498 g/mol. The molecule has 10 nitrogen and oxygen atoms in total. The average molecular weight is 532 g/mol. The normalized spacial score (nSPS) is 17.2. The van der Waals surface area contributed by atoms with E-state index in [4.69, 9.17) is 14.6 Å². The zero-order valence-electron chi connectivity index (χ0n) is 22.1. The van der Waals surface area contributed by atoms with Crippen LogP contribution in [0.15, 0.2) is 71.2 Å². The highest BCUT2D eigenvalue weighted by atomic mass is 16.7. The van der Waals surface area contributed by atoms with Gasteiger partial charge >= 0.3 is 0 Å². The maximum Gasteiger partial charge on any atom is 0.286 e. The first-order chi connectivity index (χ1) is 19.0. The van der Waals surface area contributed by atoms with Crippen molar-refractivity contribution < 1.29 is 19.4 Å². The van der Waals surface area contributed by atoms with Gasteiger partial charge in [0, 0.05) is 37.3 Å². The summed E-state index contributed by atoms with van der Waals surface area (Å²) in [6.07, 6.45) is 2.64. The second kappa shape index (κ2) is 11.7. The highest BCUT2D eigenvalue weighted by molar-refractivity contribution is 5.91. The number of hydrogen-bond donors (Lipinski definition) is 3. The number of hydrogen-bond acceptors (Lipinski definition) is 6. The number of ether oxygens (including phenoxy) is 2. The Bertz CT molecular complexity index is 1500. The van der Waals surface area contributed by atoms with Crippen molar-refractivity contribution in [2.75, 3.05) is 13.2 Å². The standard InChI is InChI=1S/C29H33N5O5/c1-19-27(29(37)34(33(19)2)21-10-4-3-5-11-21)20-16-24(39-26(17-20)38-15-9-8-14-35)28(36)30-18-25-31-22-12-6-7-13-23(22)32-25/h3-7,10-13,16,20,26,35H,8-9,14-15,17-18H2,1-2H3,(H,30,36)(H,31,32)/t20-,26+/m1/s1. The van der Waals surface area contributed by atoms with E-state index in [0.717, 1.165) is 22.4 Å². The number of imidazole rings is 1. The Kier molecular flexibility index (Phi) is 7.94. The van der Waals surface area contributed by atoms with Gasteiger partial charge in [-0.1, -0.05) is 30.3 Å². The van der Waals surface area contributed by atoms with Gasteiger partial charge in [0.1, 0.15) is 5.82 Å². The van der Waals surface area contributed by atoms with E-state index >= 15 is 0 Å². The zero-order valence-corrected chi connectivity index (χ0v) is 22.1. The van der Waals surface area contributed by atoms with Gasteiger partial charge in [-0.2, -0.15) is 0 Å². The van der Waals surface area contributed by atoms with E-state index < -0.39 is 18.1 Å². The third-order valence-electron chi connectivity index (χ3n) is 6.96. The van der Waals surface area contributed by atoms with Gasteiger partial charge in [-0.05, 0) is 50.1 Å². The number of aromatic nitrogens is 4. The fraction of sp³-hybridized carbons (Fsp3) is 0.345. The Labute approximate surface area is 225 Å². The van der Waals surface area contributed by atoms with Gasteiger partial charge in [0.05, 0.1) is 29.9 Å². The number of amides is 1. The molecule has 2 atom stereocenters. The molecule has 1 amide bonds. The number of H-pyrrole nitrogens is 1. The minimum atomic E-state index is -0.713. The molecular formula is C29H33N5O5. The number of nitrogens with one attached hydrogen (secondary N) is 2. The van der Waals surface area contributed by atoms with Crippen LogP contribution in [0.2, 0.25) is 0 Å². The highest BCUT2D eigenvalue weighted by Gasteiger charge is 2.33. The number of carbonyl (C=O) groups is 1. The van der Waals surface area contributed by atoms with Crippen molar-refractivity contribution in [3.8, 4) is 5.69 Å². The Hall–Kier alpha value is -4.15. The fourth-order valence-electron chi connectivity index (χ4n) is 4.90. The van der Waals surface area contributed by atoms with Crippen LogP contribution < -0.4 is 10.9 Å². The third kappa shape index (κ3) is 5.67. The van der Waals surface area contributed by atoms with Crippen LogP contribution in [0, 0.1) is 6.92 Å². The molecule has 2 aromatic carbocycles. The van der Waals surface area contributed by atoms with Crippen LogP contribution in [0.4, 0.5) is 0 Å². The van der Waals surface area contributed by atoms with Crippen molar-refractivity contribution >= 4 is 16.9 Å². The van der Waals surface area contributed by atoms with E-state index in [-0.39, 0.29) is 24.5 Å². The van der Waals surface area contributed by atoms with Crippen molar-refractivity contribution in [3.05, 3.63) is 93.9 Å². The van der Waals surface area contributed by atoms with E-state index in [2.05, 4.69) is 15.3 Å². The molecule has 0 fully saturated rings. The number of benzene rings is 2. The summed E-state index contributed by atoms with van der Waals surface area (Å²) >= 11 is 0. The molecule has 0 unspecified atom stereocenters. The van der Waals surface area contributed by atoms with Crippen molar-refractivity contribution in [3.63, 3.8) is 0 Å². The van der Waals surface area contributed by atoms with E-state index in [1.54, 1.807) is 10.8 Å². The molecule has 0 aliphatic carbocycles. The molecule has 39 heavy (non-hydrogen) atoms. The Morgan fingerprint density at radius 1 is 1.18 bits per heavy atom. The van der Waals surface area contributed by atoms with E-state index in [0.29, 0.717) is 37.3 Å². The lowest BCUT2D eigenvalue weighted by atomic mass is 9.93. The summed E-state index contributed by atoms with van der Waals surface area (Å²) in [5.41, 5.74) is 3.71. The summed E-state index contributed by atoms with van der Waals surface area (Å²) in [6, 6.07) is 17.1. The topological polar surface area (TPSA) is 123 Å². The van der Waals surface area contributed by atoms with Crippen LogP contribution in [0.25, 0.3) is 16.7 Å². The number of para-hydroxylation sites is 3. The Morgan fingerprint density at radius 3 is 2.72 bits per heavy atom. The number of nitrogens with zero attached hydrogens (tertiary/aromatic N) is 3. The van der Waals surface area contributed by atoms with Gasteiger partial charge in [-0.3, -0.25) is 14.3 Å². The van der Waals surface area contributed by atoms with Crippen molar-refractivity contribution in [2.45, 2.75) is 44.9 Å². The van der Waals surface area contributed by atoms with E-state index in [1.165, 1.54) is 0 Å². The SMILES string of the molecule is Cc1c([C@@H]2C=C(C(=O)NCc3nc4ccccc4[nH]3)O[C@H](OCCCCO)C2)c(=O)n(-c2ccccc2)n1C. The van der Waals surface area contributed by atoms with Crippen LogP contribution >= 0.6 is 0 Å². The summed E-state index contributed by atoms with van der Waals surface area (Å²) in [5, 5.41) is 12.0. The van der Waals surface area contributed by atoms with Gasteiger partial charge in [0.15, 0.2) is 5.76 Å². The Morgan fingerprint density at radius 2 is 1.95 bits per heavy atom. The van der Waals surface area contributed by atoms with E-state index in [1.807, 2.05) is 73.3 Å². The molecule has 4 aromatic rings. The average Bonchev–Trinajstić information content (AvgIpc) is 3.47. The number of aliphatic hydroxyl groups is 1. The summed E-state index contributed by atoms with van der Waals surface area (Å²) in [6.45, 7) is 2.53. The zero-order chi connectivity index (χ0) is 27.4. The molecule has 3 N–H and O–H groups in total. The summed E-state index contributed by atoms with van der Waals surface area (Å²) in [5.74, 6) is -0.0827. The predicted octanol–water partition coefficient (Wildman–Crippen LogP) is 3.18. The van der Waals surface area contributed by atoms with Crippen LogP contribution in [0.1, 0.15) is 42.3 Å². The molecule has 204 valence electrons. The molecule has 5 rings (SSSR count). The molecule has 0 saturated carbocycles. The minimum Gasteiger partial charge on any atom is -0.459 e. The number of carbonyl (C=O) groups excluding carboxylic acids is 1. The van der Waals surface area contributed by atoms with Gasteiger partial charge in [-0.25, -0.2) is 9.67 Å². The van der Waals surface area contributed by atoms with Crippen molar-refractivity contribution in [2.24, 2.45) is 7.05 Å². The largest absolute Gasteiger partial charge is 0.459 e. The maximum atomic E-state index is 13.7. The molecule has 0 saturated heterocycles. The van der Waals surface area contributed by atoms with E-state index in [9.17, 15) is 9.59 Å². The fourth-order valence-corrected chi connectivity index (χ4v) is 4.90.